The fourth-order valence-corrected chi connectivity index (χ4v) is 5.36. The minimum Gasteiger partial charge on any atom is -0.379 e. The average Bonchev–Trinajstić information content (AvgIpc) is 3.15. The van der Waals surface area contributed by atoms with Crippen LogP contribution in [0.15, 0.2) is 0 Å². The lowest BCUT2D eigenvalue weighted by atomic mass is 10.0. The van der Waals surface area contributed by atoms with Crippen molar-refractivity contribution < 1.29 is 52.5 Å². The Hall–Kier alpha value is -3.31. The zero-order valence-corrected chi connectivity index (χ0v) is 34.3. The van der Waals surface area contributed by atoms with Crippen LogP contribution in [0.2, 0.25) is 0 Å². The molecule has 0 radical (unpaired) electrons. The number of rotatable bonds is 41. The monoisotopic (exact) mass is 800 g/mol. The second kappa shape index (κ2) is 36.1. The van der Waals surface area contributed by atoms with Gasteiger partial charge in [-0.3, -0.25) is 33.6 Å². The van der Waals surface area contributed by atoms with Gasteiger partial charge in [-0.05, 0) is 64.2 Å². The van der Waals surface area contributed by atoms with Crippen LogP contribution in [0.5, 0.6) is 0 Å². The van der Waals surface area contributed by atoms with E-state index in [0.29, 0.717) is 117 Å². The van der Waals surface area contributed by atoms with Crippen molar-refractivity contribution in [3.63, 3.8) is 0 Å². The third-order valence-electron chi connectivity index (χ3n) is 9.15. The molecule has 0 spiro atoms. The molecule has 0 fully saturated rings. The maximum absolute atomic E-state index is 12.1. The van der Waals surface area contributed by atoms with Crippen LogP contribution in [-0.2, 0) is 52.5 Å². The lowest BCUT2D eigenvalue weighted by Gasteiger charge is -2.13. The van der Waals surface area contributed by atoms with Crippen LogP contribution in [0, 0.1) is 11.8 Å². The highest BCUT2D eigenvalue weighted by atomic mass is 16.5. The third-order valence-corrected chi connectivity index (χ3v) is 9.15. The predicted octanol–water partition coefficient (Wildman–Crippen LogP) is 2.58. The second-order valence-corrected chi connectivity index (χ2v) is 14.5. The Morgan fingerprint density at radius 1 is 0.464 bits per heavy atom. The van der Waals surface area contributed by atoms with Crippen LogP contribution < -0.4 is 27.8 Å². The molecule has 0 aromatic rings. The minimum atomic E-state index is -0.608. The summed E-state index contributed by atoms with van der Waals surface area (Å²) in [6.07, 6.45) is 10.8. The van der Waals surface area contributed by atoms with Gasteiger partial charge in [0.1, 0.15) is 19.0 Å². The quantitative estimate of drug-likeness (QED) is 0.0560. The summed E-state index contributed by atoms with van der Waals surface area (Å²) < 4.78 is 21.6. The molecule has 0 saturated heterocycles. The maximum Gasteiger partial charge on any atom is 0.236 e. The average molecular weight is 800 g/mol. The Labute approximate surface area is 334 Å². The minimum absolute atomic E-state index is 0.000739. The lowest BCUT2D eigenvalue weighted by Crippen LogP contribution is -2.41. The smallest absolute Gasteiger partial charge is 0.236 e. The SMILES string of the molecule is C[C@@H](CCCCCC(=O)COCCOCCCC(=O)COCCOCCCC(=O)CCCC(=O)NCCCC[C@H](N)C(=O)NCCCC[C@H](C)C(N)=O)C(N)=O. The number of carbonyl (C=O) groups excluding carboxylic acids is 7. The van der Waals surface area contributed by atoms with E-state index in [0.717, 1.165) is 38.5 Å². The van der Waals surface area contributed by atoms with Crippen LogP contribution in [0.4, 0.5) is 0 Å². The highest BCUT2D eigenvalue weighted by Crippen LogP contribution is 2.11. The third kappa shape index (κ3) is 34.0. The van der Waals surface area contributed by atoms with Gasteiger partial charge in [-0.15, -0.1) is 0 Å². The van der Waals surface area contributed by atoms with E-state index in [1.807, 2.05) is 6.92 Å². The molecule has 0 saturated carbocycles. The molecule has 0 aliphatic rings. The highest BCUT2D eigenvalue weighted by molar-refractivity contribution is 5.82. The molecule has 0 bridgehead atoms. The molecule has 0 heterocycles. The number of ketones is 3. The van der Waals surface area contributed by atoms with Gasteiger partial charge in [0.05, 0.1) is 32.5 Å². The first-order chi connectivity index (χ1) is 26.8. The van der Waals surface area contributed by atoms with Crippen molar-refractivity contribution in [3.8, 4) is 0 Å². The summed E-state index contributed by atoms with van der Waals surface area (Å²) in [6, 6.07) is -0.608. The molecule has 0 rings (SSSR count). The lowest BCUT2D eigenvalue weighted by molar-refractivity contribution is -0.125. The molecule has 0 unspecified atom stereocenters. The van der Waals surface area contributed by atoms with Crippen LogP contribution in [0.25, 0.3) is 0 Å². The largest absolute Gasteiger partial charge is 0.379 e. The van der Waals surface area contributed by atoms with Gasteiger partial charge in [-0.1, -0.05) is 33.1 Å². The van der Waals surface area contributed by atoms with Crippen molar-refractivity contribution in [1.29, 1.82) is 0 Å². The van der Waals surface area contributed by atoms with E-state index in [1.165, 1.54) is 0 Å². The molecule has 0 aliphatic heterocycles. The van der Waals surface area contributed by atoms with E-state index >= 15 is 0 Å². The van der Waals surface area contributed by atoms with Crippen molar-refractivity contribution in [2.75, 3.05) is 65.9 Å². The van der Waals surface area contributed by atoms with Crippen LogP contribution in [0.1, 0.15) is 129 Å². The van der Waals surface area contributed by atoms with Crippen molar-refractivity contribution in [2.24, 2.45) is 29.0 Å². The summed E-state index contributed by atoms with van der Waals surface area (Å²) in [6.45, 7) is 6.70. The van der Waals surface area contributed by atoms with Gasteiger partial charge >= 0.3 is 0 Å². The summed E-state index contributed by atoms with van der Waals surface area (Å²) in [5, 5.41) is 5.65. The van der Waals surface area contributed by atoms with E-state index in [4.69, 9.17) is 36.1 Å². The van der Waals surface area contributed by atoms with Gasteiger partial charge in [0, 0.05) is 70.2 Å². The molecule has 0 aromatic carbocycles. The Morgan fingerprint density at radius 3 is 1.46 bits per heavy atom. The van der Waals surface area contributed by atoms with Gasteiger partial charge in [-0.2, -0.15) is 0 Å². The van der Waals surface area contributed by atoms with Crippen molar-refractivity contribution >= 4 is 41.0 Å². The molecular weight excluding hydrogens is 726 g/mol. The first-order valence-electron chi connectivity index (χ1n) is 20.6. The number of hydrogen-bond donors (Lipinski definition) is 5. The van der Waals surface area contributed by atoms with Gasteiger partial charge in [-0.25, -0.2) is 0 Å². The molecule has 56 heavy (non-hydrogen) atoms. The second-order valence-electron chi connectivity index (χ2n) is 14.5. The Morgan fingerprint density at radius 2 is 0.911 bits per heavy atom. The topological polar surface area (TPSA) is 259 Å². The molecule has 0 aromatic heterocycles. The van der Waals surface area contributed by atoms with Crippen LogP contribution >= 0.6 is 0 Å². The number of Topliss-reactive ketones (excluding diaryl/α,β-unsaturated/α-hetero) is 3. The van der Waals surface area contributed by atoms with E-state index < -0.39 is 6.04 Å². The molecule has 0 aliphatic carbocycles. The van der Waals surface area contributed by atoms with Crippen molar-refractivity contribution in [1.82, 2.24) is 10.6 Å². The zero-order chi connectivity index (χ0) is 41.8. The van der Waals surface area contributed by atoms with Crippen LogP contribution in [-0.4, -0.2) is 113 Å². The summed E-state index contributed by atoms with van der Waals surface area (Å²) in [5.41, 5.74) is 16.4. The van der Waals surface area contributed by atoms with Crippen molar-refractivity contribution in [2.45, 2.75) is 135 Å². The maximum atomic E-state index is 12.1. The standard InChI is InChI=1S/C40H73N5O11/c1-31(38(42)50)13-4-3-5-15-34(47)29-55-27-26-54-24-12-18-35(48)30-56-28-25-53-23-11-17-33(46)16-10-20-37(49)44-21-9-7-19-36(41)40(52)45-22-8-6-14-32(2)39(43)51/h31-32,36H,3-30,41H2,1-2H3,(H2,42,50)(H2,43,51)(H,44,49)(H,45,52)/t31-,32-,36-/m0/s1. The van der Waals surface area contributed by atoms with Gasteiger partial charge in [0.2, 0.25) is 23.6 Å². The van der Waals surface area contributed by atoms with E-state index in [9.17, 15) is 33.6 Å². The van der Waals surface area contributed by atoms with Crippen LogP contribution in [0.3, 0.4) is 0 Å². The fourth-order valence-electron chi connectivity index (χ4n) is 5.36. The summed E-state index contributed by atoms with van der Waals surface area (Å²) in [7, 11) is 0. The normalized spacial score (nSPS) is 12.8. The zero-order valence-electron chi connectivity index (χ0n) is 34.3. The number of amides is 4. The highest BCUT2D eigenvalue weighted by Gasteiger charge is 2.14. The number of hydrogen-bond acceptors (Lipinski definition) is 12. The molecular formula is C40H73N5O11. The van der Waals surface area contributed by atoms with Gasteiger partial charge < -0.3 is 46.8 Å². The number of unbranched alkanes of at least 4 members (excludes halogenated alkanes) is 4. The first kappa shape index (κ1) is 52.7. The Bertz CT molecular complexity index is 1120. The van der Waals surface area contributed by atoms with Gasteiger partial charge in [0.15, 0.2) is 11.6 Å². The van der Waals surface area contributed by atoms with E-state index in [1.54, 1.807) is 6.92 Å². The Balaban J connectivity index is 3.54. The number of nitrogens with two attached hydrogens (primary N) is 3. The molecule has 3 atom stereocenters. The Kier molecular flexibility index (Phi) is 33.9. The molecule has 4 amide bonds. The number of primary amides is 2. The van der Waals surface area contributed by atoms with Crippen molar-refractivity contribution in [3.05, 3.63) is 0 Å². The first-order valence-corrected chi connectivity index (χ1v) is 20.6. The molecule has 324 valence electrons. The number of carbonyl (C=O) groups is 7. The molecule has 8 N–H and O–H groups in total. The number of ether oxygens (including phenoxy) is 4. The fraction of sp³-hybridized carbons (Fsp3) is 0.825. The van der Waals surface area contributed by atoms with E-state index in [-0.39, 0.29) is 79.1 Å². The predicted molar refractivity (Wildman–Crippen MR) is 212 cm³/mol. The molecule has 16 nitrogen and oxygen atoms in total. The summed E-state index contributed by atoms with van der Waals surface area (Å²) in [5.74, 6) is -1.14. The summed E-state index contributed by atoms with van der Waals surface area (Å²) >= 11 is 0. The molecule has 16 heteroatoms. The summed E-state index contributed by atoms with van der Waals surface area (Å²) in [4.78, 5) is 82.2. The number of nitrogens with one attached hydrogen (secondary N) is 2. The van der Waals surface area contributed by atoms with E-state index in [2.05, 4.69) is 10.6 Å². The van der Waals surface area contributed by atoms with Gasteiger partial charge in [0.25, 0.3) is 0 Å².